The molecule has 0 unspecified atom stereocenters. The molecule has 3 heterocycles. The van der Waals surface area contributed by atoms with Crippen LogP contribution in [0.1, 0.15) is 0 Å². The van der Waals surface area contributed by atoms with E-state index in [4.69, 9.17) is 0 Å². The Morgan fingerprint density at radius 3 is 2.46 bits per heavy atom. The second kappa shape index (κ2) is 6.04. The lowest BCUT2D eigenvalue weighted by molar-refractivity contribution is 1.18. The molecule has 0 aliphatic rings. The molecule has 0 amide bonds. The average molecular weight is 376 g/mol. The number of fused-ring (bicyclic) bond motifs is 5. The smallest absolute Gasteiger partial charge is 0.0555 e. The van der Waals surface area contributed by atoms with Crippen LogP contribution in [0.3, 0.4) is 0 Å². The molecular weight excluding hydrogens is 360 g/mol. The van der Waals surface area contributed by atoms with Gasteiger partial charge in [0.25, 0.3) is 0 Å². The first-order chi connectivity index (χ1) is 13.9. The Morgan fingerprint density at radius 2 is 1.61 bits per heavy atom. The number of hydrogen-bond acceptors (Lipinski definition) is 2. The summed E-state index contributed by atoms with van der Waals surface area (Å²) in [7, 11) is 0. The minimum absolute atomic E-state index is 1.14. The minimum Gasteiger partial charge on any atom is -0.309 e. The van der Waals surface area contributed by atoms with Crippen LogP contribution in [0.4, 0.5) is 0 Å². The fourth-order valence-corrected chi connectivity index (χ4v) is 5.05. The molecule has 3 heteroatoms. The zero-order valence-corrected chi connectivity index (χ0v) is 15.9. The van der Waals surface area contributed by atoms with Crippen molar-refractivity contribution in [2.75, 3.05) is 0 Å². The number of hydrogen-bond donors (Lipinski definition) is 0. The average Bonchev–Trinajstić information content (AvgIpc) is 3.36. The number of rotatable bonds is 2. The summed E-state index contributed by atoms with van der Waals surface area (Å²) in [6.45, 7) is 0. The highest BCUT2D eigenvalue weighted by Gasteiger charge is 2.15. The van der Waals surface area contributed by atoms with Gasteiger partial charge in [-0.15, -0.1) is 11.3 Å². The van der Waals surface area contributed by atoms with E-state index < -0.39 is 0 Å². The molecule has 6 aromatic rings. The Kier molecular flexibility index (Phi) is 3.37. The van der Waals surface area contributed by atoms with Crippen molar-refractivity contribution in [3.63, 3.8) is 0 Å². The van der Waals surface area contributed by atoms with E-state index in [1.807, 2.05) is 23.6 Å². The van der Waals surface area contributed by atoms with E-state index in [-0.39, 0.29) is 0 Å². The topological polar surface area (TPSA) is 17.8 Å². The van der Waals surface area contributed by atoms with Gasteiger partial charge in [-0.05, 0) is 58.3 Å². The van der Waals surface area contributed by atoms with Gasteiger partial charge in [-0.3, -0.25) is 4.98 Å². The number of pyridine rings is 1. The van der Waals surface area contributed by atoms with Gasteiger partial charge in [0.05, 0.1) is 11.0 Å². The molecule has 2 nitrogen and oxygen atoms in total. The molecule has 0 radical (unpaired) electrons. The summed E-state index contributed by atoms with van der Waals surface area (Å²) in [5.74, 6) is 0. The monoisotopic (exact) mass is 376 g/mol. The minimum atomic E-state index is 1.14. The zero-order valence-electron chi connectivity index (χ0n) is 15.0. The van der Waals surface area contributed by atoms with Crippen LogP contribution in [-0.2, 0) is 0 Å². The summed E-state index contributed by atoms with van der Waals surface area (Å²) in [6.07, 6.45) is 3.71. The van der Waals surface area contributed by atoms with E-state index in [9.17, 15) is 0 Å². The van der Waals surface area contributed by atoms with Crippen molar-refractivity contribution < 1.29 is 0 Å². The zero-order chi connectivity index (χ0) is 18.5. The molecule has 0 saturated carbocycles. The summed E-state index contributed by atoms with van der Waals surface area (Å²) < 4.78 is 3.73. The standard InChI is InChI=1S/C25H16N2S/c1-2-6-22-21(5-1)24-23(12-9-18-13-15-28-25(18)24)27(22)20-10-7-17(8-11-20)19-4-3-14-26-16-19/h1-16H. The molecule has 6 rings (SSSR count). The molecule has 0 bridgehead atoms. The Labute approximate surface area is 166 Å². The Morgan fingerprint density at radius 1 is 0.714 bits per heavy atom. The highest BCUT2D eigenvalue weighted by Crippen LogP contribution is 2.38. The lowest BCUT2D eigenvalue weighted by Gasteiger charge is -2.09. The van der Waals surface area contributed by atoms with Gasteiger partial charge in [0.2, 0.25) is 0 Å². The second-order valence-electron chi connectivity index (χ2n) is 6.94. The highest BCUT2D eigenvalue weighted by atomic mass is 32.1. The summed E-state index contributed by atoms with van der Waals surface area (Å²) in [6, 6.07) is 28.2. The Bertz CT molecular complexity index is 1440. The highest BCUT2D eigenvalue weighted by molar-refractivity contribution is 7.18. The molecule has 0 fully saturated rings. The van der Waals surface area contributed by atoms with Crippen molar-refractivity contribution in [3.8, 4) is 16.8 Å². The first kappa shape index (κ1) is 15.6. The first-order valence-electron chi connectivity index (χ1n) is 9.30. The SMILES string of the molecule is c1cncc(-c2ccc(-n3c4ccccc4c4c5sccc5ccc43)cc2)c1. The van der Waals surface area contributed by atoms with Gasteiger partial charge in [0.1, 0.15) is 0 Å². The van der Waals surface area contributed by atoms with Gasteiger partial charge >= 0.3 is 0 Å². The maximum Gasteiger partial charge on any atom is 0.0555 e. The molecule has 28 heavy (non-hydrogen) atoms. The van der Waals surface area contributed by atoms with Crippen LogP contribution in [0.25, 0.3) is 48.7 Å². The molecule has 132 valence electrons. The fraction of sp³-hybridized carbons (Fsp3) is 0. The summed E-state index contributed by atoms with van der Waals surface area (Å²) in [4.78, 5) is 4.24. The van der Waals surface area contributed by atoms with Crippen molar-refractivity contribution in [1.82, 2.24) is 9.55 Å². The van der Waals surface area contributed by atoms with Crippen LogP contribution in [0.5, 0.6) is 0 Å². The van der Waals surface area contributed by atoms with Crippen LogP contribution >= 0.6 is 11.3 Å². The van der Waals surface area contributed by atoms with Crippen molar-refractivity contribution in [3.05, 3.63) is 96.6 Å². The summed E-state index contributed by atoms with van der Waals surface area (Å²) >= 11 is 1.82. The second-order valence-corrected chi connectivity index (χ2v) is 7.86. The van der Waals surface area contributed by atoms with E-state index in [2.05, 4.69) is 87.7 Å². The van der Waals surface area contributed by atoms with E-state index in [0.29, 0.717) is 0 Å². The number of thiophene rings is 1. The third-order valence-electron chi connectivity index (χ3n) is 5.38. The third kappa shape index (κ3) is 2.23. The Hall–Kier alpha value is -3.43. The molecule has 0 saturated heterocycles. The normalized spacial score (nSPS) is 11.6. The molecule has 0 aliphatic heterocycles. The molecule has 0 N–H and O–H groups in total. The molecule has 0 atom stereocenters. The predicted molar refractivity (Wildman–Crippen MR) is 119 cm³/mol. The maximum atomic E-state index is 4.24. The van der Waals surface area contributed by atoms with E-state index in [1.165, 1.54) is 43.1 Å². The van der Waals surface area contributed by atoms with Crippen LogP contribution in [0.2, 0.25) is 0 Å². The van der Waals surface area contributed by atoms with Crippen LogP contribution < -0.4 is 0 Å². The van der Waals surface area contributed by atoms with Crippen LogP contribution in [0.15, 0.2) is 96.6 Å². The van der Waals surface area contributed by atoms with Crippen LogP contribution in [0, 0.1) is 0 Å². The van der Waals surface area contributed by atoms with Crippen molar-refractivity contribution >= 4 is 43.2 Å². The van der Waals surface area contributed by atoms with Gasteiger partial charge in [-0.25, -0.2) is 0 Å². The first-order valence-corrected chi connectivity index (χ1v) is 10.2. The van der Waals surface area contributed by atoms with Gasteiger partial charge in [-0.2, -0.15) is 0 Å². The van der Waals surface area contributed by atoms with Gasteiger partial charge in [0, 0.05) is 33.6 Å². The van der Waals surface area contributed by atoms with Gasteiger partial charge < -0.3 is 4.57 Å². The van der Waals surface area contributed by atoms with Crippen molar-refractivity contribution in [2.45, 2.75) is 0 Å². The van der Waals surface area contributed by atoms with Crippen molar-refractivity contribution in [2.24, 2.45) is 0 Å². The molecular formula is C25H16N2S. The van der Waals surface area contributed by atoms with E-state index >= 15 is 0 Å². The van der Waals surface area contributed by atoms with E-state index in [1.54, 1.807) is 6.20 Å². The predicted octanol–water partition coefficient (Wildman–Crippen LogP) is 7.06. The fourth-order valence-electron chi connectivity index (χ4n) is 4.09. The van der Waals surface area contributed by atoms with Gasteiger partial charge in [-0.1, -0.05) is 42.5 Å². The largest absolute Gasteiger partial charge is 0.309 e. The number of benzene rings is 3. The number of nitrogens with zero attached hydrogens (tertiary/aromatic N) is 2. The molecule has 3 aromatic carbocycles. The summed E-state index contributed by atoms with van der Waals surface area (Å²) in [5.41, 5.74) is 5.99. The molecule has 3 aromatic heterocycles. The van der Waals surface area contributed by atoms with Crippen molar-refractivity contribution in [1.29, 1.82) is 0 Å². The molecule has 0 spiro atoms. The lowest BCUT2D eigenvalue weighted by atomic mass is 10.1. The maximum absolute atomic E-state index is 4.24. The summed E-state index contributed by atoms with van der Waals surface area (Å²) in [5, 5.41) is 6.15. The Balaban J connectivity index is 1.63. The van der Waals surface area contributed by atoms with Gasteiger partial charge in [0.15, 0.2) is 0 Å². The van der Waals surface area contributed by atoms with Crippen LogP contribution in [-0.4, -0.2) is 9.55 Å². The van der Waals surface area contributed by atoms with E-state index in [0.717, 1.165) is 5.56 Å². The molecule has 0 aliphatic carbocycles. The number of aromatic nitrogens is 2. The third-order valence-corrected chi connectivity index (χ3v) is 6.32. The number of para-hydroxylation sites is 1. The lowest BCUT2D eigenvalue weighted by Crippen LogP contribution is -1.93. The quantitative estimate of drug-likeness (QED) is 0.316.